The smallest absolute Gasteiger partial charge is 0.273 e. The Morgan fingerprint density at radius 3 is 3.00 bits per heavy atom. The van der Waals surface area contributed by atoms with Crippen molar-refractivity contribution in [2.45, 2.75) is 13.1 Å². The Balaban J connectivity index is 0.00000200. The first kappa shape index (κ1) is 16.0. The Bertz CT molecular complexity index is 576. The summed E-state index contributed by atoms with van der Waals surface area (Å²) in [7, 11) is 0. The van der Waals surface area contributed by atoms with Crippen molar-refractivity contribution in [3.05, 3.63) is 41.7 Å². The SMILES string of the molecule is Cl.NCCn1cc(C(=O)NCc2ncccc2F)nn1. The van der Waals surface area contributed by atoms with Gasteiger partial charge in [-0.05, 0) is 12.1 Å². The molecule has 0 radical (unpaired) electrons. The molecule has 0 aliphatic heterocycles. The van der Waals surface area contributed by atoms with Gasteiger partial charge < -0.3 is 11.1 Å². The average molecular weight is 301 g/mol. The number of pyridine rings is 1. The molecule has 0 saturated heterocycles. The van der Waals surface area contributed by atoms with Crippen LogP contribution in [-0.2, 0) is 13.1 Å². The van der Waals surface area contributed by atoms with Gasteiger partial charge in [0.25, 0.3) is 5.91 Å². The number of hydrogen-bond acceptors (Lipinski definition) is 5. The predicted molar refractivity (Wildman–Crippen MR) is 71.7 cm³/mol. The molecular weight excluding hydrogens is 287 g/mol. The van der Waals surface area contributed by atoms with E-state index in [1.165, 1.54) is 29.2 Å². The molecule has 0 fully saturated rings. The first-order valence-electron chi connectivity index (χ1n) is 5.68. The van der Waals surface area contributed by atoms with Crippen molar-refractivity contribution < 1.29 is 9.18 Å². The second-order valence-electron chi connectivity index (χ2n) is 3.77. The lowest BCUT2D eigenvalue weighted by atomic mass is 10.3. The molecule has 0 aliphatic rings. The quantitative estimate of drug-likeness (QED) is 0.817. The van der Waals surface area contributed by atoms with E-state index < -0.39 is 11.7 Å². The summed E-state index contributed by atoms with van der Waals surface area (Å²) in [5.74, 6) is -0.900. The molecule has 2 rings (SSSR count). The van der Waals surface area contributed by atoms with Gasteiger partial charge in [0.15, 0.2) is 5.69 Å². The van der Waals surface area contributed by atoms with Gasteiger partial charge in [-0.1, -0.05) is 5.21 Å². The summed E-state index contributed by atoms with van der Waals surface area (Å²) in [4.78, 5) is 15.6. The van der Waals surface area contributed by atoms with Gasteiger partial charge in [-0.2, -0.15) is 0 Å². The third kappa shape index (κ3) is 3.97. The number of nitrogens with two attached hydrogens (primary N) is 1. The van der Waals surface area contributed by atoms with Gasteiger partial charge in [-0.25, -0.2) is 4.39 Å². The number of carbonyl (C=O) groups excluding carboxylic acids is 1. The molecule has 9 heteroatoms. The maximum atomic E-state index is 13.3. The van der Waals surface area contributed by atoms with E-state index in [1.807, 2.05) is 0 Å². The van der Waals surface area contributed by atoms with E-state index >= 15 is 0 Å². The summed E-state index contributed by atoms with van der Waals surface area (Å²) in [5.41, 5.74) is 5.69. The molecule has 1 amide bonds. The largest absolute Gasteiger partial charge is 0.345 e. The summed E-state index contributed by atoms with van der Waals surface area (Å²) in [6.07, 6.45) is 2.94. The van der Waals surface area contributed by atoms with Gasteiger partial charge in [0, 0.05) is 12.7 Å². The number of nitrogens with zero attached hydrogens (tertiary/aromatic N) is 4. The first-order chi connectivity index (χ1) is 9.20. The number of nitrogens with one attached hydrogen (secondary N) is 1. The molecule has 0 saturated carbocycles. The van der Waals surface area contributed by atoms with E-state index in [0.29, 0.717) is 13.1 Å². The minimum Gasteiger partial charge on any atom is -0.345 e. The van der Waals surface area contributed by atoms with Crippen LogP contribution in [-0.4, -0.2) is 32.4 Å². The molecule has 2 aromatic rings. The lowest BCUT2D eigenvalue weighted by Gasteiger charge is -2.03. The van der Waals surface area contributed by atoms with Crippen LogP contribution in [0.2, 0.25) is 0 Å². The monoisotopic (exact) mass is 300 g/mol. The molecule has 0 bridgehead atoms. The van der Waals surface area contributed by atoms with Gasteiger partial charge in [-0.15, -0.1) is 17.5 Å². The molecule has 108 valence electrons. The third-order valence-electron chi connectivity index (χ3n) is 2.38. The van der Waals surface area contributed by atoms with Crippen LogP contribution in [0.3, 0.4) is 0 Å². The lowest BCUT2D eigenvalue weighted by Crippen LogP contribution is -2.24. The highest BCUT2D eigenvalue weighted by Crippen LogP contribution is 2.02. The van der Waals surface area contributed by atoms with Crippen molar-refractivity contribution in [2.75, 3.05) is 6.54 Å². The molecule has 2 aromatic heterocycles. The molecule has 3 N–H and O–H groups in total. The van der Waals surface area contributed by atoms with E-state index in [-0.39, 0.29) is 30.3 Å². The van der Waals surface area contributed by atoms with Crippen molar-refractivity contribution >= 4 is 18.3 Å². The minimum atomic E-state index is -0.463. The fourth-order valence-corrected chi connectivity index (χ4v) is 1.45. The summed E-state index contributed by atoms with van der Waals surface area (Å²) in [5, 5.41) is 9.96. The molecule has 0 aliphatic carbocycles. The number of hydrogen-bond donors (Lipinski definition) is 2. The van der Waals surface area contributed by atoms with Crippen LogP contribution in [0.4, 0.5) is 4.39 Å². The fourth-order valence-electron chi connectivity index (χ4n) is 1.45. The van der Waals surface area contributed by atoms with E-state index in [9.17, 15) is 9.18 Å². The van der Waals surface area contributed by atoms with Crippen LogP contribution in [0.5, 0.6) is 0 Å². The zero-order chi connectivity index (χ0) is 13.7. The molecule has 0 spiro atoms. The van der Waals surface area contributed by atoms with Crippen LogP contribution in [0.1, 0.15) is 16.2 Å². The highest BCUT2D eigenvalue weighted by atomic mass is 35.5. The zero-order valence-electron chi connectivity index (χ0n) is 10.5. The van der Waals surface area contributed by atoms with Gasteiger partial charge >= 0.3 is 0 Å². The van der Waals surface area contributed by atoms with Crippen LogP contribution in [0.25, 0.3) is 0 Å². The summed E-state index contributed by atoms with van der Waals surface area (Å²) < 4.78 is 14.8. The van der Waals surface area contributed by atoms with Crippen LogP contribution >= 0.6 is 12.4 Å². The zero-order valence-corrected chi connectivity index (χ0v) is 11.3. The van der Waals surface area contributed by atoms with Crippen molar-refractivity contribution in [2.24, 2.45) is 5.73 Å². The van der Waals surface area contributed by atoms with Gasteiger partial charge in [0.05, 0.1) is 25.0 Å². The van der Waals surface area contributed by atoms with E-state index in [4.69, 9.17) is 5.73 Å². The van der Waals surface area contributed by atoms with Crippen molar-refractivity contribution in [1.82, 2.24) is 25.3 Å². The normalized spacial score (nSPS) is 9.90. The predicted octanol–water partition coefficient (Wildman–Crippen LogP) is 0.123. The Morgan fingerprint density at radius 1 is 1.50 bits per heavy atom. The number of aromatic nitrogens is 4. The highest BCUT2D eigenvalue weighted by Gasteiger charge is 2.11. The van der Waals surface area contributed by atoms with E-state index in [0.717, 1.165) is 0 Å². The molecule has 0 atom stereocenters. The second kappa shape index (κ2) is 7.51. The summed E-state index contributed by atoms with van der Waals surface area (Å²) in [6, 6.07) is 2.77. The molecule has 7 nitrogen and oxygen atoms in total. The van der Waals surface area contributed by atoms with Gasteiger partial charge in [0.1, 0.15) is 5.82 Å². The first-order valence-corrected chi connectivity index (χ1v) is 5.68. The topological polar surface area (TPSA) is 98.7 Å². The van der Waals surface area contributed by atoms with Gasteiger partial charge in [0.2, 0.25) is 0 Å². The fraction of sp³-hybridized carbons (Fsp3) is 0.273. The van der Waals surface area contributed by atoms with Crippen molar-refractivity contribution in [1.29, 1.82) is 0 Å². The molecule has 2 heterocycles. The van der Waals surface area contributed by atoms with Crippen LogP contribution in [0, 0.1) is 5.82 Å². The Labute approximate surface area is 120 Å². The Kier molecular flexibility index (Phi) is 6.01. The van der Waals surface area contributed by atoms with Crippen molar-refractivity contribution in [3.63, 3.8) is 0 Å². The van der Waals surface area contributed by atoms with Crippen LogP contribution in [0.15, 0.2) is 24.5 Å². The van der Waals surface area contributed by atoms with Crippen molar-refractivity contribution in [3.8, 4) is 0 Å². The van der Waals surface area contributed by atoms with Crippen LogP contribution < -0.4 is 11.1 Å². The number of halogens is 2. The van der Waals surface area contributed by atoms with E-state index in [1.54, 1.807) is 0 Å². The average Bonchev–Trinajstić information content (AvgIpc) is 2.87. The Morgan fingerprint density at radius 2 is 2.30 bits per heavy atom. The maximum Gasteiger partial charge on any atom is 0.273 e. The molecule has 20 heavy (non-hydrogen) atoms. The molecule has 0 aromatic carbocycles. The molecule has 0 unspecified atom stereocenters. The van der Waals surface area contributed by atoms with E-state index in [2.05, 4.69) is 20.6 Å². The Hall–Kier alpha value is -2.06. The lowest BCUT2D eigenvalue weighted by molar-refractivity contribution is 0.0945. The number of amides is 1. The summed E-state index contributed by atoms with van der Waals surface area (Å²) in [6.45, 7) is 0.883. The number of carbonyl (C=O) groups is 1. The second-order valence-corrected chi connectivity index (χ2v) is 3.77. The maximum absolute atomic E-state index is 13.3. The standard InChI is InChI=1S/C11H13FN6O.ClH/c12-8-2-1-4-14-9(8)6-15-11(19)10-7-18(5-3-13)17-16-10;/h1-2,4,7H,3,5-6,13H2,(H,15,19);1H. The third-order valence-corrected chi connectivity index (χ3v) is 2.38. The minimum absolute atomic E-state index is 0. The van der Waals surface area contributed by atoms with Gasteiger partial charge in [-0.3, -0.25) is 14.5 Å². The highest BCUT2D eigenvalue weighted by molar-refractivity contribution is 5.91. The summed E-state index contributed by atoms with van der Waals surface area (Å²) >= 11 is 0. The number of rotatable bonds is 5. The molecular formula is C11H14ClFN6O.